The Balaban J connectivity index is 2.14. The summed E-state index contributed by atoms with van der Waals surface area (Å²) in [5.41, 5.74) is 1.24. The molecule has 0 aliphatic rings. The third-order valence-corrected chi connectivity index (χ3v) is 2.27. The normalized spacial score (nSPS) is 10.1. The van der Waals surface area contributed by atoms with Crippen molar-refractivity contribution < 1.29 is 9.13 Å². The van der Waals surface area contributed by atoms with Crippen molar-refractivity contribution in [2.24, 2.45) is 0 Å². The number of rotatable bonds is 3. The minimum atomic E-state index is -0.539. The van der Waals surface area contributed by atoms with Crippen LogP contribution in [0, 0.1) is 5.95 Å². The minimum absolute atomic E-state index is 0.455. The SMILES string of the molecule is CCc1ccc(Oc2ccnc(F)c2)cc1. The minimum Gasteiger partial charge on any atom is -0.457 e. The summed E-state index contributed by atoms with van der Waals surface area (Å²) in [5.74, 6) is 0.613. The first-order valence-electron chi connectivity index (χ1n) is 5.16. The van der Waals surface area contributed by atoms with E-state index in [0.29, 0.717) is 11.5 Å². The third-order valence-electron chi connectivity index (χ3n) is 2.27. The number of halogens is 1. The predicted octanol–water partition coefficient (Wildman–Crippen LogP) is 3.58. The second-order valence-electron chi connectivity index (χ2n) is 3.41. The van der Waals surface area contributed by atoms with Crippen molar-refractivity contribution in [2.45, 2.75) is 13.3 Å². The topological polar surface area (TPSA) is 22.1 Å². The van der Waals surface area contributed by atoms with Crippen LogP contribution in [0.4, 0.5) is 4.39 Å². The van der Waals surface area contributed by atoms with Gasteiger partial charge in [-0.05, 0) is 30.2 Å². The summed E-state index contributed by atoms with van der Waals surface area (Å²) < 4.78 is 18.3. The number of aromatic nitrogens is 1. The average molecular weight is 217 g/mol. The zero-order valence-electron chi connectivity index (χ0n) is 8.98. The van der Waals surface area contributed by atoms with E-state index in [1.807, 2.05) is 24.3 Å². The largest absolute Gasteiger partial charge is 0.457 e. The van der Waals surface area contributed by atoms with Crippen LogP contribution in [0.5, 0.6) is 11.5 Å². The van der Waals surface area contributed by atoms with E-state index in [9.17, 15) is 4.39 Å². The molecule has 0 spiro atoms. The van der Waals surface area contributed by atoms with Crippen LogP contribution in [-0.2, 0) is 6.42 Å². The molecule has 0 fully saturated rings. The van der Waals surface area contributed by atoms with Crippen LogP contribution < -0.4 is 4.74 Å². The molecule has 2 nitrogen and oxygen atoms in total. The first-order valence-corrected chi connectivity index (χ1v) is 5.16. The Morgan fingerprint density at radius 3 is 2.50 bits per heavy atom. The van der Waals surface area contributed by atoms with Crippen LogP contribution in [0.1, 0.15) is 12.5 Å². The molecule has 0 unspecified atom stereocenters. The van der Waals surface area contributed by atoms with Crippen LogP contribution in [0.3, 0.4) is 0 Å². The number of ether oxygens (including phenoxy) is 1. The van der Waals surface area contributed by atoms with Gasteiger partial charge in [-0.1, -0.05) is 19.1 Å². The number of aryl methyl sites for hydroxylation is 1. The second kappa shape index (κ2) is 4.75. The summed E-state index contributed by atoms with van der Waals surface area (Å²) in [6.07, 6.45) is 2.37. The molecule has 0 saturated carbocycles. The molecule has 0 N–H and O–H groups in total. The molecule has 1 heterocycles. The van der Waals surface area contributed by atoms with Crippen molar-refractivity contribution in [3.8, 4) is 11.5 Å². The Morgan fingerprint density at radius 1 is 1.12 bits per heavy atom. The van der Waals surface area contributed by atoms with Crippen LogP contribution in [-0.4, -0.2) is 4.98 Å². The summed E-state index contributed by atoms with van der Waals surface area (Å²) in [6, 6.07) is 10.6. The summed E-state index contributed by atoms with van der Waals surface area (Å²) in [5, 5.41) is 0. The molecule has 0 radical (unpaired) electrons. The molecule has 3 heteroatoms. The number of hydrogen-bond donors (Lipinski definition) is 0. The Labute approximate surface area is 93.7 Å². The van der Waals surface area contributed by atoms with E-state index in [2.05, 4.69) is 11.9 Å². The maximum absolute atomic E-state index is 12.8. The number of nitrogens with zero attached hydrogens (tertiary/aromatic N) is 1. The molecule has 0 aliphatic heterocycles. The van der Waals surface area contributed by atoms with Gasteiger partial charge in [0.25, 0.3) is 0 Å². The molecule has 0 bridgehead atoms. The Hall–Kier alpha value is -1.90. The molecule has 0 aliphatic carbocycles. The van der Waals surface area contributed by atoms with Gasteiger partial charge in [0.2, 0.25) is 5.95 Å². The quantitative estimate of drug-likeness (QED) is 0.733. The van der Waals surface area contributed by atoms with Gasteiger partial charge in [-0.3, -0.25) is 0 Å². The van der Waals surface area contributed by atoms with Gasteiger partial charge in [0.1, 0.15) is 11.5 Å². The fraction of sp³-hybridized carbons (Fsp3) is 0.154. The van der Waals surface area contributed by atoms with Gasteiger partial charge in [-0.2, -0.15) is 4.39 Å². The first-order chi connectivity index (χ1) is 7.78. The summed E-state index contributed by atoms with van der Waals surface area (Å²) in [4.78, 5) is 3.46. The summed E-state index contributed by atoms with van der Waals surface area (Å²) >= 11 is 0. The average Bonchev–Trinajstić information content (AvgIpc) is 2.30. The van der Waals surface area contributed by atoms with Gasteiger partial charge in [0.05, 0.1) is 0 Å². The molecule has 1 aromatic carbocycles. The van der Waals surface area contributed by atoms with Crippen molar-refractivity contribution in [1.82, 2.24) is 4.98 Å². The summed E-state index contributed by atoms with van der Waals surface area (Å²) in [6.45, 7) is 2.09. The lowest BCUT2D eigenvalue weighted by molar-refractivity contribution is 0.472. The van der Waals surface area contributed by atoms with Crippen LogP contribution in [0.25, 0.3) is 0 Å². The molecule has 2 rings (SSSR count). The highest BCUT2D eigenvalue weighted by Gasteiger charge is 1.99. The third kappa shape index (κ3) is 2.57. The smallest absolute Gasteiger partial charge is 0.216 e. The number of hydrogen-bond acceptors (Lipinski definition) is 2. The van der Waals surface area contributed by atoms with Gasteiger partial charge < -0.3 is 4.74 Å². The van der Waals surface area contributed by atoms with Crippen LogP contribution in [0.2, 0.25) is 0 Å². The van der Waals surface area contributed by atoms with Crippen molar-refractivity contribution in [3.05, 3.63) is 54.1 Å². The molecule has 1 aromatic heterocycles. The highest BCUT2D eigenvalue weighted by molar-refractivity contribution is 5.32. The Kier molecular flexibility index (Phi) is 3.15. The highest BCUT2D eigenvalue weighted by Crippen LogP contribution is 2.21. The molecule has 16 heavy (non-hydrogen) atoms. The van der Waals surface area contributed by atoms with Crippen LogP contribution in [0.15, 0.2) is 42.6 Å². The zero-order chi connectivity index (χ0) is 11.4. The fourth-order valence-electron chi connectivity index (χ4n) is 1.38. The van der Waals surface area contributed by atoms with Gasteiger partial charge in [0.15, 0.2) is 0 Å². The zero-order valence-corrected chi connectivity index (χ0v) is 8.98. The monoisotopic (exact) mass is 217 g/mol. The van der Waals surface area contributed by atoms with Crippen LogP contribution >= 0.6 is 0 Å². The lowest BCUT2D eigenvalue weighted by Crippen LogP contribution is -1.87. The van der Waals surface area contributed by atoms with E-state index >= 15 is 0 Å². The first kappa shape index (κ1) is 10.6. The number of pyridine rings is 1. The molecule has 0 saturated heterocycles. The van der Waals surface area contributed by atoms with Gasteiger partial charge in [0, 0.05) is 12.3 Å². The van der Waals surface area contributed by atoms with Crippen molar-refractivity contribution in [1.29, 1.82) is 0 Å². The lowest BCUT2D eigenvalue weighted by Gasteiger charge is -2.05. The van der Waals surface area contributed by atoms with Crippen molar-refractivity contribution in [3.63, 3.8) is 0 Å². The Morgan fingerprint density at radius 2 is 1.88 bits per heavy atom. The maximum Gasteiger partial charge on any atom is 0.216 e. The van der Waals surface area contributed by atoms with Gasteiger partial charge in [-0.15, -0.1) is 0 Å². The van der Waals surface area contributed by atoms with Crippen molar-refractivity contribution >= 4 is 0 Å². The lowest BCUT2D eigenvalue weighted by atomic mass is 10.2. The molecule has 82 valence electrons. The molecule has 0 amide bonds. The van der Waals surface area contributed by atoms with E-state index in [-0.39, 0.29) is 0 Å². The van der Waals surface area contributed by atoms with E-state index in [4.69, 9.17) is 4.74 Å². The second-order valence-corrected chi connectivity index (χ2v) is 3.41. The van der Waals surface area contributed by atoms with E-state index in [1.54, 1.807) is 6.07 Å². The maximum atomic E-state index is 12.8. The van der Waals surface area contributed by atoms with E-state index < -0.39 is 5.95 Å². The van der Waals surface area contributed by atoms with E-state index in [0.717, 1.165) is 6.42 Å². The standard InChI is InChI=1S/C13H12FNO/c1-2-10-3-5-11(6-4-10)16-12-7-8-15-13(14)9-12/h3-9H,2H2,1H3. The number of benzene rings is 1. The molecular weight excluding hydrogens is 205 g/mol. The van der Waals surface area contributed by atoms with Gasteiger partial charge in [-0.25, -0.2) is 4.98 Å². The summed E-state index contributed by atoms with van der Waals surface area (Å²) in [7, 11) is 0. The molecular formula is C13H12FNO. The Bertz CT molecular complexity index is 468. The van der Waals surface area contributed by atoms with E-state index in [1.165, 1.54) is 17.8 Å². The predicted molar refractivity (Wildman–Crippen MR) is 60.1 cm³/mol. The fourth-order valence-corrected chi connectivity index (χ4v) is 1.38. The molecule has 0 atom stereocenters. The van der Waals surface area contributed by atoms with Crippen molar-refractivity contribution in [2.75, 3.05) is 0 Å². The molecule has 2 aromatic rings. The highest BCUT2D eigenvalue weighted by atomic mass is 19.1. The van der Waals surface area contributed by atoms with Gasteiger partial charge >= 0.3 is 0 Å².